The maximum absolute atomic E-state index is 5.86. The molecular formula is C14H17N3. The van der Waals surface area contributed by atoms with Crippen molar-refractivity contribution in [3.05, 3.63) is 47.2 Å². The van der Waals surface area contributed by atoms with Crippen molar-refractivity contribution < 1.29 is 0 Å². The van der Waals surface area contributed by atoms with Crippen LogP contribution < -0.4 is 11.1 Å². The van der Waals surface area contributed by atoms with E-state index in [-0.39, 0.29) is 0 Å². The average molecular weight is 227 g/mol. The first-order chi connectivity index (χ1) is 8.06. The third kappa shape index (κ3) is 2.56. The summed E-state index contributed by atoms with van der Waals surface area (Å²) in [6, 6.07) is 8.15. The number of hydrogen-bond donors (Lipinski definition) is 2. The van der Waals surface area contributed by atoms with Gasteiger partial charge in [0.2, 0.25) is 0 Å². The van der Waals surface area contributed by atoms with E-state index in [2.05, 4.69) is 42.3 Å². The van der Waals surface area contributed by atoms with Crippen molar-refractivity contribution >= 4 is 17.2 Å². The number of nitrogen functional groups attached to an aromatic ring is 1. The van der Waals surface area contributed by atoms with Gasteiger partial charge in [0, 0.05) is 23.6 Å². The van der Waals surface area contributed by atoms with Gasteiger partial charge in [0.25, 0.3) is 0 Å². The normalized spacial score (nSPS) is 10.3. The molecule has 0 saturated heterocycles. The molecule has 0 aliphatic carbocycles. The molecular weight excluding hydrogens is 210 g/mol. The van der Waals surface area contributed by atoms with Gasteiger partial charge in [-0.25, -0.2) is 4.98 Å². The van der Waals surface area contributed by atoms with Gasteiger partial charge in [-0.05, 0) is 43.5 Å². The van der Waals surface area contributed by atoms with Gasteiger partial charge in [0.15, 0.2) is 0 Å². The van der Waals surface area contributed by atoms with E-state index in [1.54, 1.807) is 6.20 Å². The molecule has 3 nitrogen and oxygen atoms in total. The molecule has 1 heterocycles. The largest absolute Gasteiger partial charge is 0.398 e. The van der Waals surface area contributed by atoms with E-state index in [4.69, 9.17) is 5.73 Å². The van der Waals surface area contributed by atoms with Gasteiger partial charge in [-0.1, -0.05) is 12.1 Å². The second-order valence-electron chi connectivity index (χ2n) is 4.37. The van der Waals surface area contributed by atoms with Crippen molar-refractivity contribution in [1.82, 2.24) is 4.98 Å². The Morgan fingerprint density at radius 1 is 1.06 bits per heavy atom. The van der Waals surface area contributed by atoms with E-state index < -0.39 is 0 Å². The van der Waals surface area contributed by atoms with Crippen molar-refractivity contribution in [2.45, 2.75) is 20.8 Å². The number of rotatable bonds is 2. The molecule has 0 fully saturated rings. The highest BCUT2D eigenvalue weighted by atomic mass is 15.0. The molecule has 3 N–H and O–H groups in total. The van der Waals surface area contributed by atoms with Crippen molar-refractivity contribution in [2.24, 2.45) is 0 Å². The van der Waals surface area contributed by atoms with Gasteiger partial charge in [-0.15, -0.1) is 0 Å². The summed E-state index contributed by atoms with van der Waals surface area (Å²) in [5.74, 6) is 0.779. The second kappa shape index (κ2) is 4.45. The van der Waals surface area contributed by atoms with Crippen LogP contribution >= 0.6 is 0 Å². The van der Waals surface area contributed by atoms with Gasteiger partial charge < -0.3 is 11.1 Å². The van der Waals surface area contributed by atoms with E-state index in [0.29, 0.717) is 0 Å². The predicted molar refractivity (Wildman–Crippen MR) is 72.6 cm³/mol. The highest BCUT2D eigenvalue weighted by molar-refractivity contribution is 5.64. The summed E-state index contributed by atoms with van der Waals surface area (Å²) in [7, 11) is 0. The molecule has 88 valence electrons. The van der Waals surface area contributed by atoms with Crippen LogP contribution in [0.15, 0.2) is 30.5 Å². The first-order valence-electron chi connectivity index (χ1n) is 5.62. The summed E-state index contributed by atoms with van der Waals surface area (Å²) in [6.07, 6.45) is 1.78. The Kier molecular flexibility index (Phi) is 3.00. The molecule has 0 amide bonds. The zero-order valence-electron chi connectivity index (χ0n) is 10.4. The second-order valence-corrected chi connectivity index (χ2v) is 4.37. The Hall–Kier alpha value is -2.03. The van der Waals surface area contributed by atoms with Crippen molar-refractivity contribution in [3.63, 3.8) is 0 Å². The molecule has 0 aliphatic heterocycles. The standard InChI is InChI=1S/C14H17N3/c1-9-4-5-10(2)13(6-9)17-14-7-12(15)11(3)8-16-14/h4-8H,1-3H3,(H3,15,16,17). The fourth-order valence-corrected chi connectivity index (χ4v) is 1.62. The molecule has 0 aliphatic rings. The molecule has 0 bridgehead atoms. The number of anilines is 3. The number of nitrogens with two attached hydrogens (primary N) is 1. The molecule has 0 atom stereocenters. The van der Waals surface area contributed by atoms with Gasteiger partial charge in [0.05, 0.1) is 0 Å². The fraction of sp³-hybridized carbons (Fsp3) is 0.214. The number of aryl methyl sites for hydroxylation is 3. The summed E-state index contributed by atoms with van der Waals surface area (Å²) < 4.78 is 0. The lowest BCUT2D eigenvalue weighted by molar-refractivity contribution is 1.25. The molecule has 2 aromatic rings. The number of aromatic nitrogens is 1. The topological polar surface area (TPSA) is 50.9 Å². The predicted octanol–water partition coefficient (Wildman–Crippen LogP) is 3.33. The van der Waals surface area contributed by atoms with Crippen molar-refractivity contribution in [2.75, 3.05) is 11.1 Å². The Morgan fingerprint density at radius 3 is 2.53 bits per heavy atom. The Bertz CT molecular complexity index is 547. The molecule has 0 saturated carbocycles. The van der Waals surface area contributed by atoms with Crippen LogP contribution in [0.5, 0.6) is 0 Å². The summed E-state index contributed by atoms with van der Waals surface area (Å²) in [5, 5.41) is 3.29. The minimum absolute atomic E-state index is 0.757. The fourth-order valence-electron chi connectivity index (χ4n) is 1.62. The van der Waals surface area contributed by atoms with Gasteiger partial charge in [-0.2, -0.15) is 0 Å². The van der Waals surface area contributed by atoms with E-state index >= 15 is 0 Å². The Morgan fingerprint density at radius 2 is 1.82 bits per heavy atom. The number of benzene rings is 1. The molecule has 3 heteroatoms. The third-order valence-corrected chi connectivity index (χ3v) is 2.80. The van der Waals surface area contributed by atoms with Gasteiger partial charge in [-0.3, -0.25) is 0 Å². The molecule has 0 spiro atoms. The minimum Gasteiger partial charge on any atom is -0.398 e. The number of nitrogens with zero attached hydrogens (tertiary/aromatic N) is 1. The van der Waals surface area contributed by atoms with Gasteiger partial charge in [0.1, 0.15) is 5.82 Å². The van der Waals surface area contributed by atoms with Crippen LogP contribution in [0.1, 0.15) is 16.7 Å². The number of hydrogen-bond acceptors (Lipinski definition) is 3. The van der Waals surface area contributed by atoms with Crippen molar-refractivity contribution in [3.8, 4) is 0 Å². The Balaban J connectivity index is 2.31. The summed E-state index contributed by atoms with van der Waals surface area (Å²) >= 11 is 0. The minimum atomic E-state index is 0.757. The van der Waals surface area contributed by atoms with Crippen LogP contribution in [0.3, 0.4) is 0 Å². The maximum Gasteiger partial charge on any atom is 0.132 e. The number of nitrogens with one attached hydrogen (secondary N) is 1. The SMILES string of the molecule is Cc1ccc(C)c(Nc2cc(N)c(C)cn2)c1. The lowest BCUT2D eigenvalue weighted by Gasteiger charge is -2.10. The Labute approximate surface area is 102 Å². The molecule has 0 unspecified atom stereocenters. The van der Waals surface area contributed by atoms with E-state index in [9.17, 15) is 0 Å². The van der Waals surface area contributed by atoms with Crippen LogP contribution in [-0.4, -0.2) is 4.98 Å². The summed E-state index contributed by atoms with van der Waals surface area (Å²) in [5.41, 5.74) is 11.1. The zero-order chi connectivity index (χ0) is 12.4. The van der Waals surface area contributed by atoms with Crippen molar-refractivity contribution in [1.29, 1.82) is 0 Å². The molecule has 2 rings (SSSR count). The van der Waals surface area contributed by atoms with Crippen LogP contribution in [0.25, 0.3) is 0 Å². The highest BCUT2D eigenvalue weighted by Crippen LogP contribution is 2.22. The average Bonchev–Trinajstić information content (AvgIpc) is 2.29. The molecule has 17 heavy (non-hydrogen) atoms. The van der Waals surface area contributed by atoms with E-state index in [0.717, 1.165) is 22.8 Å². The summed E-state index contributed by atoms with van der Waals surface area (Å²) in [4.78, 5) is 4.31. The van der Waals surface area contributed by atoms with E-state index in [1.165, 1.54) is 11.1 Å². The zero-order valence-corrected chi connectivity index (χ0v) is 10.4. The summed E-state index contributed by atoms with van der Waals surface area (Å²) in [6.45, 7) is 6.09. The first kappa shape index (κ1) is 11.5. The molecule has 1 aromatic heterocycles. The van der Waals surface area contributed by atoms with Crippen LogP contribution in [0, 0.1) is 20.8 Å². The third-order valence-electron chi connectivity index (χ3n) is 2.80. The van der Waals surface area contributed by atoms with Crippen LogP contribution in [-0.2, 0) is 0 Å². The number of pyridine rings is 1. The lowest BCUT2D eigenvalue weighted by Crippen LogP contribution is -1.99. The maximum atomic E-state index is 5.86. The highest BCUT2D eigenvalue weighted by Gasteiger charge is 2.02. The van der Waals surface area contributed by atoms with E-state index in [1.807, 2.05) is 13.0 Å². The van der Waals surface area contributed by atoms with Crippen LogP contribution in [0.4, 0.5) is 17.2 Å². The molecule has 1 aromatic carbocycles. The van der Waals surface area contributed by atoms with Gasteiger partial charge >= 0.3 is 0 Å². The van der Waals surface area contributed by atoms with Crippen LogP contribution in [0.2, 0.25) is 0 Å². The lowest BCUT2D eigenvalue weighted by atomic mass is 10.1. The molecule has 0 radical (unpaired) electrons. The first-order valence-corrected chi connectivity index (χ1v) is 5.62. The quantitative estimate of drug-likeness (QED) is 0.827. The smallest absolute Gasteiger partial charge is 0.132 e. The monoisotopic (exact) mass is 227 g/mol.